The van der Waals surface area contributed by atoms with E-state index in [9.17, 15) is 0 Å². The van der Waals surface area contributed by atoms with E-state index >= 15 is 0 Å². The van der Waals surface area contributed by atoms with E-state index in [-0.39, 0.29) is 24.0 Å². The molecule has 5 nitrogen and oxygen atoms in total. The Hall–Kier alpha value is -1.44. The summed E-state index contributed by atoms with van der Waals surface area (Å²) in [5.74, 6) is 2.39. The minimum atomic E-state index is 0. The number of halogens is 1. The first kappa shape index (κ1) is 19.6. The molecule has 0 aliphatic heterocycles. The molecule has 0 saturated carbocycles. The fraction of sp³-hybridized carbons (Fsp3) is 0.400. The molecule has 6 heteroatoms. The molecular formula is C15H24IN3O2. The molecule has 0 aromatic heterocycles. The van der Waals surface area contributed by atoms with E-state index in [1.165, 1.54) is 0 Å². The van der Waals surface area contributed by atoms with E-state index in [1.54, 1.807) is 27.3 Å². The molecule has 0 radical (unpaired) electrons. The van der Waals surface area contributed by atoms with E-state index in [0.717, 1.165) is 23.0 Å². The Bertz CT molecular complexity index is 478. The molecule has 118 valence electrons. The molecule has 0 atom stereocenters. The van der Waals surface area contributed by atoms with Gasteiger partial charge in [0.25, 0.3) is 0 Å². The fourth-order valence-electron chi connectivity index (χ4n) is 1.86. The molecule has 0 unspecified atom stereocenters. The van der Waals surface area contributed by atoms with Crippen molar-refractivity contribution < 1.29 is 9.47 Å². The van der Waals surface area contributed by atoms with Crippen molar-refractivity contribution in [3.63, 3.8) is 0 Å². The summed E-state index contributed by atoms with van der Waals surface area (Å²) in [5.41, 5.74) is 1.07. The van der Waals surface area contributed by atoms with Crippen LogP contribution in [0.25, 0.3) is 0 Å². The third-order valence-corrected chi connectivity index (χ3v) is 2.88. The van der Waals surface area contributed by atoms with Gasteiger partial charge in [-0.3, -0.25) is 4.99 Å². The number of ether oxygens (including phenoxy) is 2. The van der Waals surface area contributed by atoms with E-state index in [4.69, 9.17) is 9.47 Å². The van der Waals surface area contributed by atoms with Crippen LogP contribution in [0, 0.1) is 0 Å². The molecule has 0 aliphatic rings. The Morgan fingerprint density at radius 3 is 2.62 bits per heavy atom. The van der Waals surface area contributed by atoms with Gasteiger partial charge in [0.1, 0.15) is 11.5 Å². The van der Waals surface area contributed by atoms with Gasteiger partial charge in [0.15, 0.2) is 5.96 Å². The highest BCUT2D eigenvalue weighted by Crippen LogP contribution is 2.25. The third kappa shape index (κ3) is 5.82. The van der Waals surface area contributed by atoms with Gasteiger partial charge in [-0.2, -0.15) is 0 Å². The topological polar surface area (TPSA) is 46.1 Å². The Labute approximate surface area is 144 Å². The first-order valence-electron chi connectivity index (χ1n) is 6.39. The van der Waals surface area contributed by atoms with Gasteiger partial charge in [-0.25, -0.2) is 0 Å². The van der Waals surface area contributed by atoms with Gasteiger partial charge in [0, 0.05) is 38.8 Å². The highest BCUT2D eigenvalue weighted by atomic mass is 127. The van der Waals surface area contributed by atoms with Crippen LogP contribution in [0.3, 0.4) is 0 Å². The van der Waals surface area contributed by atoms with Crippen molar-refractivity contribution in [2.24, 2.45) is 4.99 Å². The van der Waals surface area contributed by atoms with Crippen LogP contribution in [-0.2, 0) is 6.54 Å². The summed E-state index contributed by atoms with van der Waals surface area (Å²) < 4.78 is 10.6. The Morgan fingerprint density at radius 1 is 1.38 bits per heavy atom. The maximum Gasteiger partial charge on any atom is 0.193 e. The van der Waals surface area contributed by atoms with Gasteiger partial charge in [0.2, 0.25) is 0 Å². The number of hydrogen-bond acceptors (Lipinski definition) is 3. The van der Waals surface area contributed by atoms with Gasteiger partial charge in [-0.05, 0) is 12.1 Å². The second-order valence-corrected chi connectivity index (χ2v) is 4.25. The minimum absolute atomic E-state index is 0. The minimum Gasteiger partial charge on any atom is -0.497 e. The monoisotopic (exact) mass is 405 g/mol. The molecule has 0 aliphatic carbocycles. The van der Waals surface area contributed by atoms with Crippen molar-refractivity contribution in [3.05, 3.63) is 36.4 Å². The highest BCUT2D eigenvalue weighted by molar-refractivity contribution is 14.0. The van der Waals surface area contributed by atoms with Crippen molar-refractivity contribution in [1.29, 1.82) is 0 Å². The highest BCUT2D eigenvalue weighted by Gasteiger charge is 2.10. The first-order valence-corrected chi connectivity index (χ1v) is 6.39. The number of aliphatic imine (C=N–C) groups is 1. The number of nitrogens with zero attached hydrogens (tertiary/aromatic N) is 2. The standard InChI is InChI=1S/C15H23N3O2.HI/c1-6-9-17-15(16-2)18(3)11-12-7-8-13(19-4)10-14(12)20-5;/h6-8,10H,1,9,11H2,2-5H3,(H,16,17);1H. The summed E-state index contributed by atoms with van der Waals surface area (Å²) in [6, 6.07) is 5.80. The molecular weight excluding hydrogens is 381 g/mol. The molecule has 1 rings (SSSR count). The predicted octanol–water partition coefficient (Wildman–Crippen LogP) is 2.52. The van der Waals surface area contributed by atoms with Crippen LogP contribution in [0.4, 0.5) is 0 Å². The van der Waals surface area contributed by atoms with Crippen molar-refractivity contribution in [2.75, 3.05) is 34.9 Å². The zero-order chi connectivity index (χ0) is 15.0. The third-order valence-electron chi connectivity index (χ3n) is 2.88. The summed E-state index contributed by atoms with van der Waals surface area (Å²) in [6.45, 7) is 5.05. The molecule has 1 aromatic carbocycles. The molecule has 0 heterocycles. The number of hydrogen-bond donors (Lipinski definition) is 1. The lowest BCUT2D eigenvalue weighted by Gasteiger charge is -2.22. The van der Waals surface area contributed by atoms with Gasteiger partial charge in [-0.1, -0.05) is 6.08 Å². The van der Waals surface area contributed by atoms with Gasteiger partial charge in [-0.15, -0.1) is 30.6 Å². The Kier molecular flexibility index (Phi) is 9.60. The smallest absolute Gasteiger partial charge is 0.193 e. The van der Waals surface area contributed by atoms with Crippen LogP contribution in [0.5, 0.6) is 11.5 Å². The molecule has 0 fully saturated rings. The Balaban J connectivity index is 0.00000400. The predicted molar refractivity (Wildman–Crippen MR) is 98.0 cm³/mol. The van der Waals surface area contributed by atoms with Gasteiger partial charge < -0.3 is 19.7 Å². The van der Waals surface area contributed by atoms with Crippen molar-refractivity contribution in [1.82, 2.24) is 10.2 Å². The summed E-state index contributed by atoms with van der Waals surface area (Å²) in [5, 5.41) is 3.19. The van der Waals surface area contributed by atoms with Crippen molar-refractivity contribution in [2.45, 2.75) is 6.54 Å². The summed E-state index contributed by atoms with van der Waals surface area (Å²) >= 11 is 0. The summed E-state index contributed by atoms with van der Waals surface area (Å²) in [7, 11) is 7.03. The van der Waals surface area contributed by atoms with Crippen LogP contribution >= 0.6 is 24.0 Å². The number of guanidine groups is 1. The van der Waals surface area contributed by atoms with Crippen molar-refractivity contribution >= 4 is 29.9 Å². The molecule has 0 spiro atoms. The lowest BCUT2D eigenvalue weighted by molar-refractivity contribution is 0.383. The number of nitrogens with one attached hydrogen (secondary N) is 1. The zero-order valence-corrected chi connectivity index (χ0v) is 15.4. The van der Waals surface area contributed by atoms with E-state index in [1.807, 2.05) is 30.1 Å². The Morgan fingerprint density at radius 2 is 2.10 bits per heavy atom. The first-order chi connectivity index (χ1) is 9.65. The average molecular weight is 405 g/mol. The van der Waals surface area contributed by atoms with E-state index < -0.39 is 0 Å². The van der Waals surface area contributed by atoms with Crippen LogP contribution in [-0.4, -0.2) is 45.7 Å². The van der Waals surface area contributed by atoms with E-state index in [2.05, 4.69) is 16.9 Å². The van der Waals surface area contributed by atoms with Crippen LogP contribution in [0.2, 0.25) is 0 Å². The van der Waals surface area contributed by atoms with Crippen molar-refractivity contribution in [3.8, 4) is 11.5 Å². The summed E-state index contributed by atoms with van der Waals surface area (Å²) in [4.78, 5) is 6.25. The molecule has 0 bridgehead atoms. The normalized spacial score (nSPS) is 10.4. The number of rotatable bonds is 6. The molecule has 1 N–H and O–H groups in total. The van der Waals surface area contributed by atoms with Gasteiger partial charge in [0.05, 0.1) is 14.2 Å². The molecule has 0 amide bonds. The number of methoxy groups -OCH3 is 2. The quantitative estimate of drug-likeness (QED) is 0.342. The average Bonchev–Trinajstić information content (AvgIpc) is 2.48. The lowest BCUT2D eigenvalue weighted by atomic mass is 10.2. The second-order valence-electron chi connectivity index (χ2n) is 4.25. The van der Waals surface area contributed by atoms with Gasteiger partial charge >= 0.3 is 0 Å². The van der Waals surface area contributed by atoms with Crippen LogP contribution in [0.1, 0.15) is 5.56 Å². The van der Waals surface area contributed by atoms with E-state index in [0.29, 0.717) is 13.1 Å². The number of benzene rings is 1. The lowest BCUT2D eigenvalue weighted by Crippen LogP contribution is -2.38. The zero-order valence-electron chi connectivity index (χ0n) is 13.0. The second kappa shape index (κ2) is 10.3. The fourth-order valence-corrected chi connectivity index (χ4v) is 1.86. The van der Waals surface area contributed by atoms with Crippen LogP contribution < -0.4 is 14.8 Å². The molecule has 0 saturated heterocycles. The largest absolute Gasteiger partial charge is 0.497 e. The molecule has 21 heavy (non-hydrogen) atoms. The maximum absolute atomic E-state index is 5.40. The van der Waals surface area contributed by atoms with Crippen LogP contribution in [0.15, 0.2) is 35.8 Å². The SMILES string of the molecule is C=CCNC(=NC)N(C)Cc1ccc(OC)cc1OC.I. The summed E-state index contributed by atoms with van der Waals surface area (Å²) in [6.07, 6.45) is 1.80. The maximum atomic E-state index is 5.40. The molecule has 1 aromatic rings.